The number of rotatable bonds is 8. The number of amides is 4. The molecular formula is C40H46F2N6O8S. The maximum Gasteiger partial charge on any atom is 0.408 e. The fraction of sp³-hybridized carbons (Fsp3) is 0.500. The number of alkyl carbamates (subject to hydrolysis) is 1. The average molecular weight is 809 g/mol. The molecule has 0 unspecified atom stereocenters. The Balaban J connectivity index is 1.27. The van der Waals surface area contributed by atoms with E-state index in [1.807, 2.05) is 65.4 Å². The summed E-state index contributed by atoms with van der Waals surface area (Å²) in [6, 6.07) is 12.2. The standard InChI is InChI=1S/C40H46F2N6O8S/c1-22(2)31-36(50)48-21-25(19-30(48)34(49)46-40(20-27(40)33(41)42)37(51)47-57(53,54)26-14-15-26)55-35-32(24-11-6-5-7-12-24)43-28-16-13-23(18-29(28)44-35)10-8-9-17-39(3,4)56-38(52)45-31/h5-8,10-13,16,18,22,25-27,30-31,33H,9,14-15,17,19-21H2,1-4H3,(H,45,52)(H,46,49)(H,47,51)/b10-8+/t25-,27+,30+,31+,40+/m1/s1. The molecule has 3 fully saturated rings. The van der Waals surface area contributed by atoms with Crippen LogP contribution in [0.25, 0.3) is 28.4 Å². The molecule has 2 saturated carbocycles. The smallest absolute Gasteiger partial charge is 0.408 e. The summed E-state index contributed by atoms with van der Waals surface area (Å²) in [6.45, 7) is 6.71. The Hall–Kier alpha value is -5.19. The molecule has 4 aliphatic rings. The van der Waals surface area contributed by atoms with Crippen LogP contribution in [0.15, 0.2) is 54.6 Å². The Bertz CT molecular complexity index is 2220. The molecule has 1 saturated heterocycles. The van der Waals surface area contributed by atoms with Crippen molar-refractivity contribution in [1.82, 2.24) is 30.2 Å². The molecule has 0 spiro atoms. The number of hydrogen-bond acceptors (Lipinski definition) is 10. The highest BCUT2D eigenvalue weighted by Gasteiger charge is 2.66. The van der Waals surface area contributed by atoms with Crippen molar-refractivity contribution in [2.75, 3.05) is 6.54 Å². The van der Waals surface area contributed by atoms with Crippen LogP contribution in [-0.2, 0) is 29.1 Å². The number of nitrogens with zero attached hydrogens (tertiary/aromatic N) is 3. The fourth-order valence-corrected chi connectivity index (χ4v) is 8.76. The first-order valence-electron chi connectivity index (χ1n) is 19.1. The summed E-state index contributed by atoms with van der Waals surface area (Å²) in [5.74, 6) is -4.95. The van der Waals surface area contributed by atoms with Crippen LogP contribution < -0.4 is 20.1 Å². The predicted molar refractivity (Wildman–Crippen MR) is 205 cm³/mol. The number of alkyl halides is 2. The SMILES string of the molecule is CC(C)[C@@H]1NC(=O)OC(C)(C)CC/C=C/c2ccc3nc(-c4ccccc4)c(nc3c2)O[C@@H]2C[C@@H](C(=O)N[C@@]3(C(=O)NS(=O)(=O)C4CC4)C[C@H]3C(F)F)N(C2)C1=O. The quantitative estimate of drug-likeness (QED) is 0.288. The van der Waals surface area contributed by atoms with Gasteiger partial charge in [0.2, 0.25) is 34.1 Å². The van der Waals surface area contributed by atoms with Gasteiger partial charge in [0, 0.05) is 12.0 Å². The van der Waals surface area contributed by atoms with E-state index < -0.39 is 93.1 Å². The van der Waals surface area contributed by atoms with E-state index in [-0.39, 0.29) is 18.8 Å². The van der Waals surface area contributed by atoms with Crippen molar-refractivity contribution < 1.29 is 45.9 Å². The third-order valence-corrected chi connectivity index (χ3v) is 12.7. The lowest BCUT2D eigenvalue weighted by molar-refractivity contribution is -0.142. The number of nitrogens with one attached hydrogen (secondary N) is 3. The van der Waals surface area contributed by atoms with Gasteiger partial charge in [-0.25, -0.2) is 32.0 Å². The van der Waals surface area contributed by atoms with Gasteiger partial charge in [0.15, 0.2) is 0 Å². The van der Waals surface area contributed by atoms with Gasteiger partial charge in [-0.05, 0) is 69.6 Å². The molecule has 5 bridgehead atoms. The van der Waals surface area contributed by atoms with Gasteiger partial charge in [0.05, 0.1) is 28.7 Å². The van der Waals surface area contributed by atoms with Gasteiger partial charge in [-0.3, -0.25) is 19.1 Å². The molecule has 7 rings (SSSR count). The summed E-state index contributed by atoms with van der Waals surface area (Å²) >= 11 is 0. The second-order valence-corrected chi connectivity index (χ2v) is 18.2. The number of hydrogen-bond donors (Lipinski definition) is 3. The van der Waals surface area contributed by atoms with Gasteiger partial charge in [-0.15, -0.1) is 0 Å². The van der Waals surface area contributed by atoms with Crippen LogP contribution in [0, 0.1) is 11.8 Å². The number of benzene rings is 2. The van der Waals surface area contributed by atoms with Gasteiger partial charge in [0.1, 0.15) is 35.0 Å². The number of carbonyl (C=O) groups is 4. The van der Waals surface area contributed by atoms with E-state index in [2.05, 4.69) is 10.6 Å². The first-order chi connectivity index (χ1) is 27.0. The fourth-order valence-electron chi connectivity index (χ4n) is 7.40. The average Bonchev–Trinajstić information content (AvgIpc) is 4.08. The van der Waals surface area contributed by atoms with Crippen molar-refractivity contribution in [1.29, 1.82) is 0 Å². The molecule has 1 aromatic heterocycles. The lowest BCUT2D eigenvalue weighted by Gasteiger charge is -2.32. The largest absolute Gasteiger partial charge is 0.471 e. The molecule has 4 amide bonds. The van der Waals surface area contributed by atoms with E-state index >= 15 is 0 Å². The van der Waals surface area contributed by atoms with Gasteiger partial charge in [-0.2, -0.15) is 0 Å². The summed E-state index contributed by atoms with van der Waals surface area (Å²) < 4.78 is 67.9. The van der Waals surface area contributed by atoms with E-state index in [1.54, 1.807) is 27.7 Å². The lowest BCUT2D eigenvalue weighted by atomic mass is 10.0. The molecule has 0 radical (unpaired) electrons. The lowest BCUT2D eigenvalue weighted by Crippen LogP contribution is -2.59. The molecule has 2 aliphatic heterocycles. The van der Waals surface area contributed by atoms with E-state index in [0.29, 0.717) is 48.0 Å². The first kappa shape index (κ1) is 40.0. The summed E-state index contributed by atoms with van der Waals surface area (Å²) in [5, 5.41) is 4.28. The number of carbonyl (C=O) groups excluding carboxylic acids is 4. The van der Waals surface area contributed by atoms with E-state index in [4.69, 9.17) is 19.4 Å². The molecule has 3 aromatic rings. The zero-order valence-corrected chi connectivity index (χ0v) is 32.9. The number of fused-ring (bicyclic) bond motifs is 4. The monoisotopic (exact) mass is 808 g/mol. The van der Waals surface area contributed by atoms with E-state index in [1.165, 1.54) is 4.90 Å². The predicted octanol–water partition coefficient (Wildman–Crippen LogP) is 4.73. The first-order valence-corrected chi connectivity index (χ1v) is 20.7. The molecule has 304 valence electrons. The zero-order chi connectivity index (χ0) is 40.9. The molecule has 2 aromatic carbocycles. The van der Waals surface area contributed by atoms with Gasteiger partial charge in [-0.1, -0.05) is 62.4 Å². The third-order valence-electron chi connectivity index (χ3n) is 10.9. The number of cyclic esters (lactones) is 1. The molecule has 57 heavy (non-hydrogen) atoms. The summed E-state index contributed by atoms with van der Waals surface area (Å²) in [5.41, 5.74) is -0.118. The zero-order valence-electron chi connectivity index (χ0n) is 32.0. The van der Waals surface area contributed by atoms with Crippen molar-refractivity contribution in [3.8, 4) is 17.1 Å². The van der Waals surface area contributed by atoms with Crippen molar-refractivity contribution in [3.05, 3.63) is 60.2 Å². The number of aromatic nitrogens is 2. The minimum Gasteiger partial charge on any atom is -0.471 e. The highest BCUT2D eigenvalue weighted by molar-refractivity contribution is 7.91. The van der Waals surface area contributed by atoms with Crippen LogP contribution in [0.5, 0.6) is 5.88 Å². The third kappa shape index (κ3) is 8.58. The Morgan fingerprint density at radius 2 is 1.77 bits per heavy atom. The van der Waals surface area contributed by atoms with Crippen LogP contribution in [0.2, 0.25) is 0 Å². The second kappa shape index (κ2) is 15.3. The summed E-state index contributed by atoms with van der Waals surface area (Å²) in [4.78, 5) is 66.5. The van der Waals surface area contributed by atoms with E-state index in [9.17, 15) is 36.4 Å². The minimum absolute atomic E-state index is 0.121. The Morgan fingerprint density at radius 3 is 2.44 bits per heavy atom. The number of halogens is 2. The molecule has 14 nitrogen and oxygen atoms in total. The minimum atomic E-state index is -4.14. The van der Waals surface area contributed by atoms with Crippen LogP contribution >= 0.6 is 0 Å². The summed E-state index contributed by atoms with van der Waals surface area (Å²) in [7, 11) is -4.14. The maximum atomic E-state index is 14.5. The molecule has 17 heteroatoms. The Labute approximate surface area is 329 Å². The number of sulfonamides is 1. The highest BCUT2D eigenvalue weighted by Crippen LogP contribution is 2.48. The summed E-state index contributed by atoms with van der Waals surface area (Å²) in [6.07, 6.45) is 0.0494. The molecule has 2 aliphatic carbocycles. The number of ether oxygens (including phenoxy) is 2. The Kier molecular flexibility index (Phi) is 10.7. The molecule has 5 atom stereocenters. The van der Waals surface area contributed by atoms with Crippen LogP contribution in [0.1, 0.15) is 71.8 Å². The van der Waals surface area contributed by atoms with Crippen molar-refractivity contribution in [3.63, 3.8) is 0 Å². The highest BCUT2D eigenvalue weighted by atomic mass is 32.2. The molecular weight excluding hydrogens is 763 g/mol. The van der Waals surface area contributed by atoms with Gasteiger partial charge >= 0.3 is 6.09 Å². The van der Waals surface area contributed by atoms with Crippen LogP contribution in [0.3, 0.4) is 0 Å². The molecule has 3 heterocycles. The second-order valence-electron chi connectivity index (χ2n) is 16.2. The normalized spacial score (nSPS) is 26.9. The van der Waals surface area contributed by atoms with Crippen LogP contribution in [0.4, 0.5) is 13.6 Å². The van der Waals surface area contributed by atoms with Crippen LogP contribution in [-0.4, -0.2) is 94.6 Å². The van der Waals surface area contributed by atoms with Gasteiger partial charge < -0.3 is 25.0 Å². The topological polar surface area (TPSA) is 186 Å². The maximum absolute atomic E-state index is 14.5. The van der Waals surface area contributed by atoms with Gasteiger partial charge in [0.25, 0.3) is 5.91 Å². The van der Waals surface area contributed by atoms with Crippen molar-refractivity contribution in [2.45, 2.75) is 107 Å². The molecule has 3 N–H and O–H groups in total. The number of allylic oxidation sites excluding steroid dienone is 1. The van der Waals surface area contributed by atoms with Crippen molar-refractivity contribution >= 4 is 50.9 Å². The van der Waals surface area contributed by atoms with Crippen molar-refractivity contribution in [2.24, 2.45) is 11.8 Å². The van der Waals surface area contributed by atoms with E-state index in [0.717, 1.165) is 5.56 Å². The Morgan fingerprint density at radius 1 is 1.04 bits per heavy atom.